The molecular weight excluding hydrogens is 355 g/mol. The van der Waals surface area contributed by atoms with Gasteiger partial charge >= 0.3 is 11.7 Å². The van der Waals surface area contributed by atoms with E-state index in [-0.39, 0.29) is 29.4 Å². The molecule has 138 valence electrons. The summed E-state index contributed by atoms with van der Waals surface area (Å²) in [5.74, 6) is -1.09. The van der Waals surface area contributed by atoms with Gasteiger partial charge in [-0.1, -0.05) is 12.8 Å². The number of ether oxygens (including phenoxy) is 1. The van der Waals surface area contributed by atoms with Crippen LogP contribution in [0.5, 0.6) is 0 Å². The van der Waals surface area contributed by atoms with Crippen molar-refractivity contribution in [2.24, 2.45) is 0 Å². The second-order valence-electron chi connectivity index (χ2n) is 6.09. The van der Waals surface area contributed by atoms with Crippen molar-refractivity contribution >= 4 is 29.1 Å². The van der Waals surface area contributed by atoms with Crippen molar-refractivity contribution in [1.29, 1.82) is 0 Å². The van der Waals surface area contributed by atoms with Crippen LogP contribution in [0.4, 0.5) is 15.9 Å². The fraction of sp³-hybridized carbons (Fsp3) is 0.667. The van der Waals surface area contributed by atoms with Crippen LogP contribution in [0.1, 0.15) is 39.5 Å². The van der Waals surface area contributed by atoms with Crippen LogP contribution in [0.3, 0.4) is 0 Å². The summed E-state index contributed by atoms with van der Waals surface area (Å²) < 4.78 is 19.7. The lowest BCUT2D eigenvalue weighted by molar-refractivity contribution is -0.384. The molecule has 1 aromatic rings. The highest BCUT2D eigenvalue weighted by atomic mass is 35.5. The first kappa shape index (κ1) is 19.3. The summed E-state index contributed by atoms with van der Waals surface area (Å²) in [6, 6.07) is -0.172. The molecule has 0 N–H and O–H groups in total. The maximum atomic E-state index is 14.9. The summed E-state index contributed by atoms with van der Waals surface area (Å²) in [6.07, 6.45) is 4.26. The zero-order chi connectivity index (χ0) is 18.6. The van der Waals surface area contributed by atoms with Crippen LogP contribution in [-0.4, -0.2) is 45.7 Å². The number of halogens is 2. The van der Waals surface area contributed by atoms with Crippen LogP contribution >= 0.6 is 11.6 Å². The molecule has 1 aliphatic rings. The molecule has 1 aliphatic carbocycles. The van der Waals surface area contributed by atoms with Gasteiger partial charge in [0.25, 0.3) is 0 Å². The molecule has 0 spiro atoms. The van der Waals surface area contributed by atoms with Gasteiger partial charge < -0.3 is 9.64 Å². The highest BCUT2D eigenvalue weighted by Gasteiger charge is 2.41. The van der Waals surface area contributed by atoms with Crippen LogP contribution in [0.2, 0.25) is 5.28 Å². The van der Waals surface area contributed by atoms with Crippen LogP contribution < -0.4 is 4.90 Å². The van der Waals surface area contributed by atoms with E-state index < -0.39 is 23.1 Å². The van der Waals surface area contributed by atoms with Crippen molar-refractivity contribution in [3.05, 3.63) is 21.6 Å². The van der Waals surface area contributed by atoms with Gasteiger partial charge in [-0.3, -0.25) is 10.1 Å². The molecule has 1 atom stereocenters. The second kappa shape index (κ2) is 7.90. The number of nitro groups is 1. The molecule has 2 rings (SSSR count). The number of anilines is 1. The number of aromatic nitrogens is 2. The Balaban J connectivity index is 2.42. The summed E-state index contributed by atoms with van der Waals surface area (Å²) in [7, 11) is 0. The molecule has 1 aromatic heterocycles. The average Bonchev–Trinajstić information content (AvgIpc) is 3.06. The first-order valence-electron chi connectivity index (χ1n) is 8.06. The first-order chi connectivity index (χ1) is 11.8. The van der Waals surface area contributed by atoms with Crippen molar-refractivity contribution in [1.82, 2.24) is 9.97 Å². The topological polar surface area (TPSA) is 98.5 Å². The molecule has 1 heterocycles. The van der Waals surface area contributed by atoms with Gasteiger partial charge in [-0.2, -0.15) is 4.98 Å². The van der Waals surface area contributed by atoms with Gasteiger partial charge in [0.1, 0.15) is 6.20 Å². The molecule has 1 unspecified atom stereocenters. The van der Waals surface area contributed by atoms with Gasteiger partial charge in [0.2, 0.25) is 16.8 Å². The number of nitrogens with zero attached hydrogens (tertiary/aromatic N) is 4. The predicted molar refractivity (Wildman–Crippen MR) is 89.4 cm³/mol. The second-order valence-corrected chi connectivity index (χ2v) is 6.43. The first-order valence-corrected chi connectivity index (χ1v) is 8.43. The summed E-state index contributed by atoms with van der Waals surface area (Å²) >= 11 is 5.80. The quantitative estimate of drug-likeness (QED) is 0.313. The van der Waals surface area contributed by atoms with Crippen molar-refractivity contribution in [2.75, 3.05) is 18.1 Å². The maximum Gasteiger partial charge on any atom is 0.345 e. The molecule has 0 radical (unpaired) electrons. The van der Waals surface area contributed by atoms with Crippen LogP contribution in [0.25, 0.3) is 0 Å². The van der Waals surface area contributed by atoms with E-state index in [0.717, 1.165) is 38.8 Å². The third-order valence-electron chi connectivity index (χ3n) is 4.12. The Hall–Kier alpha value is -2.03. The zero-order valence-corrected chi connectivity index (χ0v) is 14.8. The molecule has 25 heavy (non-hydrogen) atoms. The third-order valence-corrected chi connectivity index (χ3v) is 4.31. The molecule has 10 heteroatoms. The number of alkyl halides is 1. The smallest absolute Gasteiger partial charge is 0.345 e. The van der Waals surface area contributed by atoms with E-state index in [1.807, 2.05) is 0 Å². The van der Waals surface area contributed by atoms with E-state index in [4.69, 9.17) is 16.3 Å². The summed E-state index contributed by atoms with van der Waals surface area (Å²) in [5, 5.41) is 11.1. The molecule has 0 bridgehead atoms. The monoisotopic (exact) mass is 374 g/mol. The molecule has 0 saturated heterocycles. The van der Waals surface area contributed by atoms with E-state index in [2.05, 4.69) is 9.97 Å². The lowest BCUT2D eigenvalue weighted by Gasteiger charge is -2.33. The van der Waals surface area contributed by atoms with E-state index in [0.29, 0.717) is 0 Å². The van der Waals surface area contributed by atoms with Gasteiger partial charge in [0.05, 0.1) is 18.1 Å². The molecule has 0 aliphatic heterocycles. The number of carbonyl (C=O) groups is 1. The SMILES string of the molecule is CCOC(=O)C(C)(F)CN(c1nc(Cl)ncc1[N+](=O)[O-])C1CCCC1. The zero-order valence-electron chi connectivity index (χ0n) is 14.1. The minimum atomic E-state index is -2.34. The van der Waals surface area contributed by atoms with Gasteiger partial charge in [-0.15, -0.1) is 0 Å². The lowest BCUT2D eigenvalue weighted by atomic mass is 10.1. The van der Waals surface area contributed by atoms with Crippen molar-refractivity contribution in [3.8, 4) is 0 Å². The molecular formula is C15H20ClFN4O4. The minimum absolute atomic E-state index is 0.0429. The summed E-state index contributed by atoms with van der Waals surface area (Å²) in [6.45, 7) is 2.31. The highest BCUT2D eigenvalue weighted by Crippen LogP contribution is 2.35. The van der Waals surface area contributed by atoms with Crippen LogP contribution in [-0.2, 0) is 9.53 Å². The Morgan fingerprint density at radius 3 is 2.76 bits per heavy atom. The Bertz CT molecular complexity index is 652. The van der Waals surface area contributed by atoms with E-state index >= 15 is 0 Å². The maximum absolute atomic E-state index is 14.9. The van der Waals surface area contributed by atoms with Gasteiger partial charge in [0.15, 0.2) is 0 Å². The average molecular weight is 375 g/mol. The molecule has 8 nitrogen and oxygen atoms in total. The standard InChI is InChI=1S/C15H20ClFN4O4/c1-3-25-13(22)15(2,17)9-20(10-6-4-5-7-10)12-11(21(23)24)8-18-14(16)19-12/h8,10H,3-7,9H2,1-2H3. The van der Waals surface area contributed by atoms with E-state index in [1.54, 1.807) is 6.92 Å². The van der Waals surface area contributed by atoms with Gasteiger partial charge in [0, 0.05) is 6.04 Å². The fourth-order valence-corrected chi connectivity index (χ4v) is 3.07. The summed E-state index contributed by atoms with van der Waals surface area (Å²) in [4.78, 5) is 31.6. The van der Waals surface area contributed by atoms with Crippen molar-refractivity contribution in [3.63, 3.8) is 0 Å². The normalized spacial score (nSPS) is 17.1. The molecule has 1 saturated carbocycles. The van der Waals surface area contributed by atoms with Gasteiger partial charge in [-0.25, -0.2) is 14.2 Å². The number of carbonyl (C=O) groups excluding carboxylic acids is 1. The summed E-state index contributed by atoms with van der Waals surface area (Å²) in [5.41, 5.74) is -2.72. The van der Waals surface area contributed by atoms with Crippen molar-refractivity contribution in [2.45, 2.75) is 51.2 Å². The van der Waals surface area contributed by atoms with Crippen molar-refractivity contribution < 1.29 is 18.8 Å². The fourth-order valence-electron chi connectivity index (χ4n) is 2.94. The Morgan fingerprint density at radius 2 is 2.20 bits per heavy atom. The number of hydrogen-bond donors (Lipinski definition) is 0. The largest absolute Gasteiger partial charge is 0.464 e. The number of esters is 1. The molecule has 0 amide bonds. The number of hydrogen-bond acceptors (Lipinski definition) is 7. The Labute approximate surface area is 149 Å². The highest BCUT2D eigenvalue weighted by molar-refractivity contribution is 6.28. The molecule has 1 fully saturated rings. The van der Waals surface area contributed by atoms with E-state index in [9.17, 15) is 19.3 Å². The Kier molecular flexibility index (Phi) is 6.10. The predicted octanol–water partition coefficient (Wildman–Crippen LogP) is 3.08. The third kappa shape index (κ3) is 4.53. The Morgan fingerprint density at radius 1 is 1.56 bits per heavy atom. The lowest BCUT2D eigenvalue weighted by Crippen LogP contribution is -2.48. The van der Waals surface area contributed by atoms with E-state index in [1.165, 1.54) is 4.90 Å². The van der Waals surface area contributed by atoms with Crippen LogP contribution in [0, 0.1) is 10.1 Å². The number of rotatable bonds is 7. The minimum Gasteiger partial charge on any atom is -0.464 e. The molecule has 0 aromatic carbocycles. The van der Waals surface area contributed by atoms with Crippen LogP contribution in [0.15, 0.2) is 6.20 Å². The van der Waals surface area contributed by atoms with Gasteiger partial charge in [-0.05, 0) is 38.3 Å².